The zero-order chi connectivity index (χ0) is 48.5. The van der Waals surface area contributed by atoms with Crippen molar-refractivity contribution in [2.75, 3.05) is 0 Å². The molecule has 2 heterocycles. The predicted octanol–water partition coefficient (Wildman–Crippen LogP) is 16.5. The van der Waals surface area contributed by atoms with Crippen molar-refractivity contribution in [3.63, 3.8) is 0 Å². The maximum Gasteiger partial charge on any atom is 0.148 e. The number of benzene rings is 6. The van der Waals surface area contributed by atoms with Crippen LogP contribution in [-0.4, -0.2) is 19.6 Å². The molecule has 0 bridgehead atoms. The molecule has 0 saturated carbocycles. The largest absolute Gasteiger partial charge is 0.507 e. The fourth-order valence-corrected chi connectivity index (χ4v) is 8.69. The van der Waals surface area contributed by atoms with Crippen LogP contribution in [0, 0.1) is 19.9 Å². The molecule has 0 aliphatic carbocycles. The number of aryl methyl sites for hydroxylation is 3. The topological polar surface area (TPSA) is 50.9 Å². The normalized spacial score (nSPS) is 13.3. The second-order valence-corrected chi connectivity index (χ2v) is 21.2. The molecule has 0 aliphatic heterocycles. The van der Waals surface area contributed by atoms with Crippen LogP contribution in [0.15, 0.2) is 121 Å². The van der Waals surface area contributed by atoms with Gasteiger partial charge in [-0.15, -0.1) is 29.3 Å². The average Bonchev–Trinajstić information content (AvgIpc) is 3.65. The maximum absolute atomic E-state index is 12.0. The zero-order valence-electron chi connectivity index (χ0n) is 43.2. The first-order chi connectivity index (χ1) is 31.3. The molecule has 342 valence electrons. The molecule has 0 aliphatic rings. The van der Waals surface area contributed by atoms with E-state index in [4.69, 9.17) is 12.7 Å². The van der Waals surface area contributed by atoms with Gasteiger partial charge in [0.1, 0.15) is 11.6 Å². The Morgan fingerprint density at radius 1 is 0.652 bits per heavy atom. The van der Waals surface area contributed by atoms with E-state index in [1.807, 2.05) is 40.0 Å². The number of para-hydroxylation sites is 1. The van der Waals surface area contributed by atoms with E-state index in [0.717, 1.165) is 94.7 Å². The molecular weight excluding hydrogens is 986 g/mol. The molecule has 1 N–H and O–H groups in total. The summed E-state index contributed by atoms with van der Waals surface area (Å²) in [4.78, 5) is 10.5. The Morgan fingerprint density at radius 2 is 1.29 bits per heavy atom. The molecule has 6 aromatic carbocycles. The quantitative estimate of drug-likeness (QED) is 0.154. The van der Waals surface area contributed by atoms with Crippen LogP contribution in [0.2, 0.25) is 0 Å². The van der Waals surface area contributed by atoms with Gasteiger partial charge in [-0.25, -0.2) is 4.98 Å². The zero-order valence-corrected chi connectivity index (χ0v) is 43.5. The van der Waals surface area contributed by atoms with E-state index in [1.54, 1.807) is 0 Å². The minimum atomic E-state index is -0.817. The Kier molecular flexibility index (Phi) is 12.6. The van der Waals surface area contributed by atoms with Gasteiger partial charge in [0.15, 0.2) is 0 Å². The van der Waals surface area contributed by atoms with E-state index < -0.39 is 12.3 Å². The van der Waals surface area contributed by atoms with Crippen LogP contribution in [0.1, 0.15) is 131 Å². The van der Waals surface area contributed by atoms with E-state index in [2.05, 4.69) is 189 Å². The summed E-state index contributed by atoms with van der Waals surface area (Å²) in [5.74, 6) is 0.0325. The third-order valence-corrected chi connectivity index (χ3v) is 12.9. The minimum absolute atomic E-state index is 0. The number of hydrogen-bond acceptors (Lipinski definition) is 3. The van der Waals surface area contributed by atoms with E-state index in [1.165, 1.54) is 5.56 Å². The van der Waals surface area contributed by atoms with Gasteiger partial charge in [-0.2, -0.15) is 0 Å². The standard InChI is InChI=1S/C61H66N3O.Pt/c1-15-40-29-44(37(2)3)31-45(30-40)42-21-24-54(38(4)27-42)64-55-18-16-17-51(56(55)63-58(64)52-36-49(60(9,10)11)28-39(5)57(52)65)46-32-47(34-50(33-46)61(12,13)14)53-35-43(25-26-62-53)41-19-22-48(23-20-41)59(6,7)8;/h16-31,33-37,65H,15H2,1-14H3;/q-1;/i15D,37D;. The van der Waals surface area contributed by atoms with E-state index >= 15 is 0 Å². The van der Waals surface area contributed by atoms with Crippen molar-refractivity contribution in [3.8, 4) is 67.5 Å². The molecule has 66 heavy (non-hydrogen) atoms. The van der Waals surface area contributed by atoms with Crippen molar-refractivity contribution in [3.05, 3.63) is 166 Å². The Labute approximate surface area is 411 Å². The molecule has 4 nitrogen and oxygen atoms in total. The van der Waals surface area contributed by atoms with Crippen LogP contribution < -0.4 is 0 Å². The second-order valence-electron chi connectivity index (χ2n) is 21.2. The summed E-state index contributed by atoms with van der Waals surface area (Å²) >= 11 is 0. The SMILES string of the molecule is [2H]C(C)c1cc(-c2ccc(-n3c(-c4cc(C(C)(C)C)cc(C)c4O)nc4c(-c5[c-]c(-c6cc(-c7ccc(C(C)(C)C)cc7)ccn6)cc(C(C)(C)C)c5)cccc43)c(C)c2)cc(C([2H])(C)C)c1.[Pt]. The summed E-state index contributed by atoms with van der Waals surface area (Å²) in [6.07, 6.45) is 1.47. The molecule has 8 rings (SSSR count). The average molecular weight is 1050 g/mol. The van der Waals surface area contributed by atoms with Crippen molar-refractivity contribution in [2.24, 2.45) is 0 Å². The van der Waals surface area contributed by atoms with Crippen molar-refractivity contribution in [2.45, 2.75) is 125 Å². The van der Waals surface area contributed by atoms with Crippen molar-refractivity contribution >= 4 is 11.0 Å². The van der Waals surface area contributed by atoms with Gasteiger partial charge in [0.25, 0.3) is 0 Å². The fourth-order valence-electron chi connectivity index (χ4n) is 8.69. The Morgan fingerprint density at radius 3 is 1.92 bits per heavy atom. The third-order valence-electron chi connectivity index (χ3n) is 12.9. The molecule has 0 amide bonds. The summed E-state index contributed by atoms with van der Waals surface area (Å²) in [6, 6.07) is 44.5. The van der Waals surface area contributed by atoms with Gasteiger partial charge < -0.3 is 5.11 Å². The van der Waals surface area contributed by atoms with E-state index in [9.17, 15) is 5.11 Å². The van der Waals surface area contributed by atoms with Gasteiger partial charge in [0, 0.05) is 35.7 Å². The molecule has 5 heteroatoms. The number of rotatable bonds is 8. The summed E-state index contributed by atoms with van der Waals surface area (Å²) < 4.78 is 19.6. The first kappa shape index (κ1) is 45.6. The van der Waals surface area contributed by atoms with Crippen LogP contribution >= 0.6 is 0 Å². The van der Waals surface area contributed by atoms with Crippen LogP contribution in [-0.2, 0) is 43.7 Å². The number of imidazole rings is 1. The number of phenols is 1. The van der Waals surface area contributed by atoms with E-state index in [0.29, 0.717) is 11.4 Å². The van der Waals surface area contributed by atoms with Crippen molar-refractivity contribution in [1.29, 1.82) is 0 Å². The van der Waals surface area contributed by atoms with Gasteiger partial charge in [-0.3, -0.25) is 9.55 Å². The number of pyridine rings is 1. The first-order valence-corrected chi connectivity index (χ1v) is 23.0. The summed E-state index contributed by atoms with van der Waals surface area (Å²) in [5.41, 5.74) is 18.0. The smallest absolute Gasteiger partial charge is 0.148 e. The molecule has 2 aromatic heterocycles. The predicted molar refractivity (Wildman–Crippen MR) is 276 cm³/mol. The molecule has 1 atom stereocenters. The Bertz CT molecular complexity index is 3170. The molecule has 0 spiro atoms. The van der Waals surface area contributed by atoms with Crippen molar-refractivity contribution < 1.29 is 28.9 Å². The monoisotopic (exact) mass is 1050 g/mol. The summed E-state index contributed by atoms with van der Waals surface area (Å²) in [5, 5.41) is 12.0. The Balaban J connectivity index is 0.00000684. The maximum atomic E-state index is 12.0. The minimum Gasteiger partial charge on any atom is -0.507 e. The molecular formula is C61H66N3OPt-. The van der Waals surface area contributed by atoms with Gasteiger partial charge in [-0.1, -0.05) is 167 Å². The number of hydrogen-bond donors (Lipinski definition) is 1. The number of aromatic nitrogens is 3. The van der Waals surface area contributed by atoms with Crippen LogP contribution in [0.4, 0.5) is 0 Å². The number of phenolic OH excluding ortho intramolecular Hbond substituents is 1. The molecule has 1 unspecified atom stereocenters. The molecule has 0 fully saturated rings. The van der Waals surface area contributed by atoms with Crippen LogP contribution in [0.5, 0.6) is 5.75 Å². The number of fused-ring (bicyclic) bond motifs is 1. The van der Waals surface area contributed by atoms with Gasteiger partial charge in [0.05, 0.1) is 22.3 Å². The third kappa shape index (κ3) is 9.63. The number of nitrogens with zero attached hydrogens (tertiary/aromatic N) is 3. The van der Waals surface area contributed by atoms with Gasteiger partial charge in [-0.05, 0) is 128 Å². The molecule has 0 radical (unpaired) electrons. The second kappa shape index (κ2) is 18.3. The first-order valence-electron chi connectivity index (χ1n) is 24.1. The molecule has 0 saturated heterocycles. The number of aromatic hydroxyl groups is 1. The fraction of sp³-hybridized carbons (Fsp3) is 0.311. The van der Waals surface area contributed by atoms with Gasteiger partial charge in [0.2, 0.25) is 0 Å². The Hall–Kier alpha value is -5.57. The van der Waals surface area contributed by atoms with Crippen molar-refractivity contribution in [1.82, 2.24) is 14.5 Å². The summed E-state index contributed by atoms with van der Waals surface area (Å²) in [6.45, 7) is 29.8. The van der Waals surface area contributed by atoms with Gasteiger partial charge >= 0.3 is 0 Å². The molecule has 8 aromatic rings. The van der Waals surface area contributed by atoms with E-state index in [-0.39, 0.29) is 43.1 Å². The summed E-state index contributed by atoms with van der Waals surface area (Å²) in [7, 11) is 0. The van der Waals surface area contributed by atoms with Crippen LogP contribution in [0.25, 0.3) is 72.7 Å². The van der Waals surface area contributed by atoms with Crippen LogP contribution in [0.3, 0.4) is 0 Å².